The smallest absolute Gasteiger partial charge is 0.239 e. The average molecular weight is 271 g/mol. The maximum absolute atomic E-state index is 11.7. The van der Waals surface area contributed by atoms with Crippen LogP contribution in [0.4, 0.5) is 0 Å². The number of hydrogen-bond acceptors (Lipinski definition) is 4. The Labute approximate surface area is 103 Å². The Morgan fingerprint density at radius 2 is 2.06 bits per heavy atom. The van der Waals surface area contributed by atoms with Gasteiger partial charge in [0.15, 0.2) is 0 Å². The van der Waals surface area contributed by atoms with Crippen molar-refractivity contribution in [2.45, 2.75) is 25.4 Å². The Kier molecular flexibility index (Phi) is 5.72. The van der Waals surface area contributed by atoms with Gasteiger partial charge in [-0.3, -0.25) is 4.79 Å². The summed E-state index contributed by atoms with van der Waals surface area (Å²) in [4.78, 5) is 13.2. The highest BCUT2D eigenvalue weighted by Crippen LogP contribution is 2.09. The molecule has 0 radical (unpaired) electrons. The third kappa shape index (κ3) is 4.27. The van der Waals surface area contributed by atoms with Crippen molar-refractivity contribution in [2.75, 3.05) is 25.6 Å². The fraction of sp³-hybridized carbons (Fsp3) is 0.889. The number of likely N-dealkylation sites (N-methyl/N-ethyl adjacent to an activating group) is 1. The van der Waals surface area contributed by atoms with Crippen LogP contribution in [-0.4, -0.2) is 56.9 Å². The van der Waals surface area contributed by atoms with Gasteiger partial charge in [0.2, 0.25) is 5.91 Å². The maximum Gasteiger partial charge on any atom is 0.239 e. The van der Waals surface area contributed by atoms with Gasteiger partial charge in [-0.05, 0) is 19.9 Å². The van der Waals surface area contributed by atoms with Crippen LogP contribution in [0, 0.1) is 0 Å². The molecule has 7 heteroatoms. The molecule has 1 saturated heterocycles. The van der Waals surface area contributed by atoms with E-state index in [2.05, 4.69) is 5.32 Å². The van der Waals surface area contributed by atoms with Gasteiger partial charge in [-0.1, -0.05) is 0 Å². The lowest BCUT2D eigenvalue weighted by molar-refractivity contribution is -0.135. The van der Waals surface area contributed by atoms with Crippen molar-refractivity contribution in [2.24, 2.45) is 0 Å². The zero-order valence-electron chi connectivity index (χ0n) is 9.76. The second-order valence-electron chi connectivity index (χ2n) is 4.19. The molecule has 0 spiro atoms. The van der Waals surface area contributed by atoms with E-state index in [1.54, 1.807) is 14.0 Å². The van der Waals surface area contributed by atoms with Crippen molar-refractivity contribution in [3.63, 3.8) is 0 Å². The van der Waals surface area contributed by atoms with Gasteiger partial charge >= 0.3 is 0 Å². The summed E-state index contributed by atoms with van der Waals surface area (Å²) in [5.74, 6) is -0.000463. The predicted molar refractivity (Wildman–Crippen MR) is 65.6 cm³/mol. The molecule has 1 amide bonds. The molecule has 5 nitrogen and oxygen atoms in total. The van der Waals surface area contributed by atoms with Crippen molar-refractivity contribution < 1.29 is 13.2 Å². The molecule has 1 aliphatic heterocycles. The minimum Gasteiger partial charge on any atom is -0.341 e. The maximum atomic E-state index is 11.7. The first kappa shape index (κ1) is 15.7. The highest BCUT2D eigenvalue weighted by Gasteiger charge is 2.30. The summed E-state index contributed by atoms with van der Waals surface area (Å²) in [6, 6.07) is -0.382. The fourth-order valence-electron chi connectivity index (χ4n) is 1.51. The van der Waals surface area contributed by atoms with E-state index in [1.165, 1.54) is 11.2 Å². The molecule has 1 aliphatic rings. The monoisotopic (exact) mass is 270 g/mol. The lowest BCUT2D eigenvalue weighted by Crippen LogP contribution is -2.55. The summed E-state index contributed by atoms with van der Waals surface area (Å²) in [6.45, 7) is 2.61. The molecular formula is C9H19ClN2O3S. The van der Waals surface area contributed by atoms with E-state index in [1.807, 2.05) is 0 Å². The van der Waals surface area contributed by atoms with Gasteiger partial charge in [0, 0.05) is 19.3 Å². The van der Waals surface area contributed by atoms with Crippen LogP contribution >= 0.6 is 12.4 Å². The predicted octanol–water partition coefficient (Wildman–Crippen LogP) is -0.338. The molecule has 1 unspecified atom stereocenters. The SMILES string of the molecule is CC(CS(C)(=O)=O)N(C)C(=O)[C@H]1CCN1.Cl. The Morgan fingerprint density at radius 1 is 1.56 bits per heavy atom. The van der Waals surface area contributed by atoms with Gasteiger partial charge in [-0.2, -0.15) is 0 Å². The van der Waals surface area contributed by atoms with E-state index in [4.69, 9.17) is 0 Å². The molecule has 16 heavy (non-hydrogen) atoms. The van der Waals surface area contributed by atoms with Crippen molar-refractivity contribution in [1.29, 1.82) is 0 Å². The topological polar surface area (TPSA) is 66.5 Å². The number of amides is 1. The zero-order chi connectivity index (χ0) is 11.6. The number of nitrogens with zero attached hydrogens (tertiary/aromatic N) is 1. The van der Waals surface area contributed by atoms with E-state index < -0.39 is 9.84 Å². The second kappa shape index (κ2) is 5.84. The molecule has 0 aromatic carbocycles. The summed E-state index contributed by atoms with van der Waals surface area (Å²) in [6.07, 6.45) is 2.03. The molecular weight excluding hydrogens is 252 g/mol. The Balaban J connectivity index is 0.00000225. The first-order chi connectivity index (χ1) is 6.81. The van der Waals surface area contributed by atoms with Gasteiger partial charge < -0.3 is 10.2 Å². The number of halogens is 1. The van der Waals surface area contributed by atoms with E-state index >= 15 is 0 Å². The highest BCUT2D eigenvalue weighted by molar-refractivity contribution is 7.90. The van der Waals surface area contributed by atoms with Crippen LogP contribution in [0.3, 0.4) is 0 Å². The minimum absolute atomic E-state index is 0. The van der Waals surface area contributed by atoms with Crippen LogP contribution in [-0.2, 0) is 14.6 Å². The number of sulfone groups is 1. The molecule has 2 atom stereocenters. The van der Waals surface area contributed by atoms with Crippen molar-refractivity contribution in [1.82, 2.24) is 10.2 Å². The summed E-state index contributed by atoms with van der Waals surface area (Å²) in [5, 5.41) is 3.00. The van der Waals surface area contributed by atoms with Gasteiger partial charge in [-0.15, -0.1) is 12.4 Å². The lowest BCUT2D eigenvalue weighted by atomic mass is 10.1. The zero-order valence-corrected chi connectivity index (χ0v) is 11.4. The van der Waals surface area contributed by atoms with Crippen molar-refractivity contribution >= 4 is 28.2 Å². The third-order valence-electron chi connectivity index (χ3n) is 2.67. The molecule has 1 N–H and O–H groups in total. The molecule has 0 aromatic rings. The number of carbonyl (C=O) groups is 1. The summed E-state index contributed by atoms with van der Waals surface area (Å²) < 4.78 is 22.1. The third-order valence-corrected chi connectivity index (χ3v) is 3.76. The molecule has 1 rings (SSSR count). The average Bonchev–Trinajstić information content (AvgIpc) is 1.96. The molecule has 0 aliphatic carbocycles. The van der Waals surface area contributed by atoms with Gasteiger partial charge in [0.1, 0.15) is 9.84 Å². The van der Waals surface area contributed by atoms with Crippen molar-refractivity contribution in [3.05, 3.63) is 0 Å². The first-order valence-electron chi connectivity index (χ1n) is 4.99. The number of hydrogen-bond donors (Lipinski definition) is 1. The molecule has 1 fully saturated rings. The Morgan fingerprint density at radius 3 is 2.38 bits per heavy atom. The highest BCUT2D eigenvalue weighted by atomic mass is 35.5. The Bertz CT molecular complexity index is 341. The summed E-state index contributed by atoms with van der Waals surface area (Å²) in [7, 11) is -1.38. The van der Waals surface area contributed by atoms with Crippen LogP contribution in [0.25, 0.3) is 0 Å². The quantitative estimate of drug-likeness (QED) is 0.759. The summed E-state index contributed by atoms with van der Waals surface area (Å²) >= 11 is 0. The normalized spacial score (nSPS) is 21.6. The molecule has 0 saturated carbocycles. The van der Waals surface area contributed by atoms with Crippen molar-refractivity contribution in [3.8, 4) is 0 Å². The molecule has 96 valence electrons. The van der Waals surface area contributed by atoms with Crippen LogP contribution in [0.1, 0.15) is 13.3 Å². The van der Waals surface area contributed by atoms with E-state index in [-0.39, 0.29) is 36.2 Å². The number of carbonyl (C=O) groups excluding carboxylic acids is 1. The standard InChI is InChI=1S/C9H18N2O3S.ClH/c1-7(6-15(3,13)14)11(2)9(12)8-4-5-10-8;/h7-8,10H,4-6H2,1-3H3;1H/t7?,8-;/m1./s1. The van der Waals surface area contributed by atoms with Crippen LogP contribution in [0.15, 0.2) is 0 Å². The van der Waals surface area contributed by atoms with Gasteiger partial charge in [-0.25, -0.2) is 8.42 Å². The van der Waals surface area contributed by atoms with Gasteiger partial charge in [0.25, 0.3) is 0 Å². The molecule has 1 heterocycles. The summed E-state index contributed by atoms with van der Waals surface area (Å²) in [5.41, 5.74) is 0. The minimum atomic E-state index is -3.03. The fourth-order valence-corrected chi connectivity index (χ4v) is 2.61. The van der Waals surface area contributed by atoms with Crippen LogP contribution in [0.5, 0.6) is 0 Å². The van der Waals surface area contributed by atoms with E-state index in [0.29, 0.717) is 0 Å². The molecule has 0 aromatic heterocycles. The lowest BCUT2D eigenvalue weighted by Gasteiger charge is -2.33. The largest absolute Gasteiger partial charge is 0.341 e. The van der Waals surface area contributed by atoms with E-state index in [0.717, 1.165) is 13.0 Å². The number of rotatable bonds is 4. The van der Waals surface area contributed by atoms with Crippen LogP contribution in [0.2, 0.25) is 0 Å². The van der Waals surface area contributed by atoms with Gasteiger partial charge in [0.05, 0.1) is 11.8 Å². The van der Waals surface area contributed by atoms with Crippen LogP contribution < -0.4 is 5.32 Å². The van der Waals surface area contributed by atoms with E-state index in [9.17, 15) is 13.2 Å². The first-order valence-corrected chi connectivity index (χ1v) is 7.05. The molecule has 0 bridgehead atoms. The second-order valence-corrected chi connectivity index (χ2v) is 6.37. The Hall–Kier alpha value is -0.330. The number of nitrogens with one attached hydrogen (secondary N) is 1.